The average molecular weight is 435 g/mol. The molecule has 1 aliphatic rings. The summed E-state index contributed by atoms with van der Waals surface area (Å²) in [5.74, 6) is -0.857. The lowest BCUT2D eigenvalue weighted by atomic mass is 9.76. The minimum atomic E-state index is -0.310. The summed E-state index contributed by atoms with van der Waals surface area (Å²) in [4.78, 5) is 37.3. The summed E-state index contributed by atoms with van der Waals surface area (Å²) in [5.41, 5.74) is 7.84. The van der Waals surface area contributed by atoms with E-state index in [1.165, 1.54) is 5.56 Å². The maximum atomic E-state index is 13.0. The molecule has 2 aromatic carbocycles. The number of primary amides is 1. The van der Waals surface area contributed by atoms with E-state index in [-0.39, 0.29) is 41.9 Å². The van der Waals surface area contributed by atoms with E-state index in [1.807, 2.05) is 48.5 Å². The number of ketones is 1. The zero-order chi connectivity index (χ0) is 22.8. The molecule has 0 radical (unpaired) electrons. The molecule has 170 valence electrons. The zero-order valence-corrected chi connectivity index (χ0v) is 18.7. The van der Waals surface area contributed by atoms with Gasteiger partial charge in [-0.25, -0.2) is 0 Å². The smallest absolute Gasteiger partial charge is 0.223 e. The molecule has 1 aliphatic carbocycles. The van der Waals surface area contributed by atoms with Crippen molar-refractivity contribution in [1.82, 2.24) is 5.32 Å². The number of carbonyl (C=O) groups excluding carboxylic acids is 3. The van der Waals surface area contributed by atoms with Crippen molar-refractivity contribution < 1.29 is 14.4 Å². The minimum absolute atomic E-state index is 0.00356. The monoisotopic (exact) mass is 434 g/mol. The predicted octanol–water partition coefficient (Wildman–Crippen LogP) is 3.85. The van der Waals surface area contributed by atoms with Crippen molar-refractivity contribution in [1.29, 1.82) is 0 Å². The molecule has 5 nitrogen and oxygen atoms in total. The van der Waals surface area contributed by atoms with Crippen LogP contribution in [0.1, 0.15) is 49.7 Å². The number of amides is 2. The molecule has 3 N–H and O–H groups in total. The van der Waals surface area contributed by atoms with Crippen LogP contribution in [0.3, 0.4) is 0 Å². The lowest BCUT2D eigenvalue weighted by Crippen LogP contribution is -2.38. The van der Waals surface area contributed by atoms with Crippen LogP contribution in [-0.4, -0.2) is 24.1 Å². The van der Waals surface area contributed by atoms with Gasteiger partial charge in [-0.2, -0.15) is 0 Å². The van der Waals surface area contributed by atoms with Gasteiger partial charge in [0.25, 0.3) is 0 Å². The third-order valence-electron chi connectivity index (χ3n) is 6.54. The van der Waals surface area contributed by atoms with Crippen molar-refractivity contribution in [2.24, 2.45) is 23.5 Å². The second kappa shape index (κ2) is 12.2. The Morgan fingerprint density at radius 2 is 1.53 bits per heavy atom. The molecule has 1 fully saturated rings. The fraction of sp³-hybridized carbons (Fsp3) is 0.444. The van der Waals surface area contributed by atoms with Crippen LogP contribution in [0.2, 0.25) is 0 Å². The van der Waals surface area contributed by atoms with E-state index in [4.69, 9.17) is 5.73 Å². The highest BCUT2D eigenvalue weighted by atomic mass is 16.2. The van der Waals surface area contributed by atoms with Gasteiger partial charge in [0.05, 0.1) is 6.54 Å². The van der Waals surface area contributed by atoms with Gasteiger partial charge in [0.1, 0.15) is 0 Å². The fourth-order valence-electron chi connectivity index (χ4n) is 4.73. The highest BCUT2D eigenvalue weighted by Crippen LogP contribution is 2.32. The molecule has 1 unspecified atom stereocenters. The highest BCUT2D eigenvalue weighted by molar-refractivity contribution is 5.87. The molecule has 0 heterocycles. The van der Waals surface area contributed by atoms with E-state index in [0.29, 0.717) is 19.3 Å². The summed E-state index contributed by atoms with van der Waals surface area (Å²) in [5, 5.41) is 2.87. The second-order valence-corrected chi connectivity index (χ2v) is 8.92. The number of carbonyl (C=O) groups is 3. The quantitative estimate of drug-likeness (QED) is 0.563. The summed E-state index contributed by atoms with van der Waals surface area (Å²) in [6.45, 7) is 0.0114. The summed E-state index contributed by atoms with van der Waals surface area (Å²) in [6.07, 6.45) is 6.08. The summed E-state index contributed by atoms with van der Waals surface area (Å²) in [7, 11) is 0. The number of nitrogens with one attached hydrogen (secondary N) is 1. The molecule has 0 aromatic heterocycles. The van der Waals surface area contributed by atoms with Crippen LogP contribution in [0.15, 0.2) is 60.7 Å². The SMILES string of the molecule is NC(=O)[C@@H]1CCCC[C@H]1CC(=O)CNC(=O)C(CCc1ccccc1)Cc1ccccc1. The van der Waals surface area contributed by atoms with E-state index >= 15 is 0 Å². The van der Waals surface area contributed by atoms with E-state index in [0.717, 1.165) is 37.7 Å². The lowest BCUT2D eigenvalue weighted by Gasteiger charge is -2.28. The van der Waals surface area contributed by atoms with E-state index < -0.39 is 0 Å². The van der Waals surface area contributed by atoms with Crippen LogP contribution in [0.4, 0.5) is 0 Å². The maximum Gasteiger partial charge on any atom is 0.223 e. The topological polar surface area (TPSA) is 89.3 Å². The number of hydrogen-bond acceptors (Lipinski definition) is 3. The first-order valence-electron chi connectivity index (χ1n) is 11.7. The summed E-state index contributed by atoms with van der Waals surface area (Å²) < 4.78 is 0. The second-order valence-electron chi connectivity index (χ2n) is 8.92. The Labute approximate surface area is 190 Å². The number of rotatable bonds is 11. The molecule has 2 amide bonds. The molecule has 0 spiro atoms. The predicted molar refractivity (Wildman–Crippen MR) is 126 cm³/mol. The zero-order valence-electron chi connectivity index (χ0n) is 18.7. The molecule has 5 heteroatoms. The van der Waals surface area contributed by atoms with Crippen LogP contribution in [0.25, 0.3) is 0 Å². The van der Waals surface area contributed by atoms with Gasteiger partial charge in [0.2, 0.25) is 11.8 Å². The Hall–Kier alpha value is -2.95. The first-order chi connectivity index (χ1) is 15.5. The Morgan fingerprint density at radius 3 is 2.19 bits per heavy atom. The molecule has 3 atom stereocenters. The van der Waals surface area contributed by atoms with Crippen molar-refractivity contribution in [2.75, 3.05) is 6.54 Å². The van der Waals surface area contributed by atoms with Gasteiger partial charge < -0.3 is 11.1 Å². The van der Waals surface area contributed by atoms with Crippen LogP contribution >= 0.6 is 0 Å². The van der Waals surface area contributed by atoms with E-state index in [2.05, 4.69) is 17.4 Å². The Morgan fingerprint density at radius 1 is 0.906 bits per heavy atom. The molecule has 32 heavy (non-hydrogen) atoms. The van der Waals surface area contributed by atoms with Crippen molar-refractivity contribution >= 4 is 17.6 Å². The fourth-order valence-corrected chi connectivity index (χ4v) is 4.73. The molecule has 1 saturated carbocycles. The van der Waals surface area contributed by atoms with E-state index in [9.17, 15) is 14.4 Å². The third-order valence-corrected chi connectivity index (χ3v) is 6.54. The van der Waals surface area contributed by atoms with Gasteiger partial charge in [0, 0.05) is 18.3 Å². The van der Waals surface area contributed by atoms with Crippen molar-refractivity contribution in [3.63, 3.8) is 0 Å². The number of Topliss-reactive ketones (excluding diaryl/α,β-unsaturated/α-hetero) is 1. The van der Waals surface area contributed by atoms with E-state index in [1.54, 1.807) is 0 Å². The molecular weight excluding hydrogens is 400 g/mol. The Bertz CT molecular complexity index is 882. The Balaban J connectivity index is 1.56. The Kier molecular flexibility index (Phi) is 9.02. The standard InChI is InChI=1S/C27H34N2O3/c28-26(31)25-14-8-7-13-22(25)18-24(30)19-29-27(32)23(17-21-11-5-2-6-12-21)16-15-20-9-3-1-4-10-20/h1-6,9-12,22-23,25H,7-8,13-19H2,(H2,28,31)(H,29,32)/t22-,23?,25+/m0/s1. The first-order valence-corrected chi connectivity index (χ1v) is 11.7. The van der Waals surface area contributed by atoms with Gasteiger partial charge in [0.15, 0.2) is 5.78 Å². The molecular formula is C27H34N2O3. The number of benzene rings is 2. The van der Waals surface area contributed by atoms with Crippen molar-refractivity contribution in [3.05, 3.63) is 71.8 Å². The van der Waals surface area contributed by atoms with Gasteiger partial charge in [-0.15, -0.1) is 0 Å². The highest BCUT2D eigenvalue weighted by Gasteiger charge is 2.31. The molecule has 3 rings (SSSR count). The van der Waals surface area contributed by atoms with Crippen LogP contribution in [0.5, 0.6) is 0 Å². The number of aryl methyl sites for hydroxylation is 1. The average Bonchev–Trinajstić information content (AvgIpc) is 2.81. The van der Waals surface area contributed by atoms with Crippen molar-refractivity contribution in [2.45, 2.75) is 51.4 Å². The van der Waals surface area contributed by atoms with Crippen LogP contribution < -0.4 is 11.1 Å². The maximum absolute atomic E-state index is 13.0. The normalized spacial score (nSPS) is 19.1. The molecule has 0 aliphatic heterocycles. The largest absolute Gasteiger partial charge is 0.369 e. The molecule has 0 saturated heterocycles. The summed E-state index contributed by atoms with van der Waals surface area (Å²) >= 11 is 0. The summed E-state index contributed by atoms with van der Waals surface area (Å²) in [6, 6.07) is 20.1. The van der Waals surface area contributed by atoms with Gasteiger partial charge >= 0.3 is 0 Å². The molecule has 0 bridgehead atoms. The van der Waals surface area contributed by atoms with Crippen molar-refractivity contribution in [3.8, 4) is 0 Å². The van der Waals surface area contributed by atoms with Gasteiger partial charge in [-0.3, -0.25) is 14.4 Å². The van der Waals surface area contributed by atoms with Crippen LogP contribution in [-0.2, 0) is 27.2 Å². The lowest BCUT2D eigenvalue weighted by molar-refractivity contribution is -0.129. The number of nitrogens with two attached hydrogens (primary N) is 1. The first kappa shape index (κ1) is 23.7. The number of hydrogen-bond donors (Lipinski definition) is 2. The molecule has 2 aromatic rings. The van der Waals surface area contributed by atoms with Gasteiger partial charge in [-0.1, -0.05) is 73.5 Å². The minimum Gasteiger partial charge on any atom is -0.369 e. The van der Waals surface area contributed by atoms with Gasteiger partial charge in [-0.05, 0) is 49.1 Å². The third kappa shape index (κ3) is 7.33. The van der Waals surface area contributed by atoms with Crippen LogP contribution in [0, 0.1) is 17.8 Å².